The van der Waals surface area contributed by atoms with Crippen LogP contribution >= 0.6 is 0 Å². The Morgan fingerprint density at radius 1 is 1.04 bits per heavy atom. The summed E-state index contributed by atoms with van der Waals surface area (Å²) in [5, 5.41) is 0. The average molecular weight is 339 g/mol. The zero-order valence-corrected chi connectivity index (χ0v) is 15.0. The molecule has 2 aliphatic heterocycles. The first-order chi connectivity index (χ1) is 12.1. The molecule has 2 aromatic rings. The highest BCUT2D eigenvalue weighted by Gasteiger charge is 2.48. The molecule has 2 heterocycles. The lowest BCUT2D eigenvalue weighted by Crippen LogP contribution is -2.62. The number of nitrogens with zero attached hydrogens (tertiary/aromatic N) is 1. The Kier molecular flexibility index (Phi) is 4.51. The molecule has 2 atom stereocenters. The summed E-state index contributed by atoms with van der Waals surface area (Å²) in [6.07, 6.45) is 2.64. The third-order valence-electron chi connectivity index (χ3n) is 6.12. The summed E-state index contributed by atoms with van der Waals surface area (Å²) in [7, 11) is 0. The smallest absolute Gasteiger partial charge is 0.123 e. The second-order valence-corrected chi connectivity index (χ2v) is 7.73. The molecule has 2 bridgehead atoms. The van der Waals surface area contributed by atoms with Crippen molar-refractivity contribution in [3.63, 3.8) is 0 Å². The van der Waals surface area contributed by atoms with Crippen LogP contribution in [-0.4, -0.2) is 23.6 Å². The second kappa shape index (κ2) is 6.80. The zero-order chi connectivity index (χ0) is 17.4. The molecule has 2 saturated heterocycles. The molecule has 0 N–H and O–H groups in total. The van der Waals surface area contributed by atoms with Crippen LogP contribution in [0.25, 0.3) is 0 Å². The fourth-order valence-electron chi connectivity index (χ4n) is 4.33. The Bertz CT molecular complexity index is 706. The van der Waals surface area contributed by atoms with Gasteiger partial charge in [-0.3, -0.25) is 4.90 Å². The lowest BCUT2D eigenvalue weighted by atomic mass is 9.65. The Morgan fingerprint density at radius 2 is 1.72 bits per heavy atom. The van der Waals surface area contributed by atoms with Gasteiger partial charge in [0.2, 0.25) is 0 Å². The van der Waals surface area contributed by atoms with Crippen LogP contribution in [0.1, 0.15) is 30.9 Å². The van der Waals surface area contributed by atoms with Gasteiger partial charge in [-0.2, -0.15) is 0 Å². The number of rotatable bonds is 5. The maximum atomic E-state index is 13.1. The summed E-state index contributed by atoms with van der Waals surface area (Å²) in [6.45, 7) is 6.15. The van der Waals surface area contributed by atoms with Crippen molar-refractivity contribution in [2.75, 3.05) is 6.61 Å². The predicted molar refractivity (Wildman–Crippen MR) is 98.1 cm³/mol. The summed E-state index contributed by atoms with van der Waals surface area (Å²) < 4.78 is 19.1. The molecule has 2 nitrogen and oxygen atoms in total. The van der Waals surface area contributed by atoms with Gasteiger partial charge in [-0.15, -0.1) is 0 Å². The van der Waals surface area contributed by atoms with E-state index in [4.69, 9.17) is 4.74 Å². The molecule has 25 heavy (non-hydrogen) atoms. The van der Waals surface area contributed by atoms with E-state index in [1.165, 1.54) is 36.1 Å². The van der Waals surface area contributed by atoms with Gasteiger partial charge in [0.1, 0.15) is 18.2 Å². The van der Waals surface area contributed by atoms with Crippen molar-refractivity contribution < 1.29 is 9.13 Å². The van der Waals surface area contributed by atoms with Crippen LogP contribution in [-0.2, 0) is 6.54 Å². The number of aryl methyl sites for hydroxylation is 1. The third kappa shape index (κ3) is 3.43. The highest BCUT2D eigenvalue weighted by Crippen LogP contribution is 2.47. The molecule has 1 saturated carbocycles. The number of fused-ring (bicyclic) bond motifs is 2. The second-order valence-electron chi connectivity index (χ2n) is 7.73. The van der Waals surface area contributed by atoms with Crippen molar-refractivity contribution >= 4 is 0 Å². The summed E-state index contributed by atoms with van der Waals surface area (Å²) >= 11 is 0. The van der Waals surface area contributed by atoms with Gasteiger partial charge in [0.15, 0.2) is 0 Å². The fourth-order valence-corrected chi connectivity index (χ4v) is 4.33. The zero-order valence-electron chi connectivity index (χ0n) is 15.0. The topological polar surface area (TPSA) is 12.5 Å². The molecule has 0 radical (unpaired) electrons. The summed E-state index contributed by atoms with van der Waals surface area (Å²) in [5.41, 5.74) is 2.67. The van der Waals surface area contributed by atoms with Gasteiger partial charge in [-0.05, 0) is 61.4 Å². The van der Waals surface area contributed by atoms with E-state index < -0.39 is 0 Å². The van der Waals surface area contributed by atoms with Crippen LogP contribution in [0.4, 0.5) is 4.39 Å². The average Bonchev–Trinajstić information content (AvgIpc) is 2.56. The fraction of sp³-hybridized carbons (Fsp3) is 0.455. The van der Waals surface area contributed by atoms with Crippen LogP contribution in [0.15, 0.2) is 48.5 Å². The molecule has 0 amide bonds. The first-order valence-corrected chi connectivity index (χ1v) is 9.30. The lowest BCUT2D eigenvalue weighted by Gasteiger charge is -2.57. The Labute approximate surface area is 149 Å². The van der Waals surface area contributed by atoms with Gasteiger partial charge in [-0.25, -0.2) is 4.39 Å². The molecule has 3 heteroatoms. The van der Waals surface area contributed by atoms with Crippen molar-refractivity contribution in [1.29, 1.82) is 0 Å². The van der Waals surface area contributed by atoms with Gasteiger partial charge in [0, 0.05) is 18.6 Å². The molecule has 3 fully saturated rings. The Morgan fingerprint density at radius 3 is 2.40 bits per heavy atom. The van der Waals surface area contributed by atoms with Gasteiger partial charge in [-0.1, -0.05) is 36.8 Å². The van der Waals surface area contributed by atoms with Crippen LogP contribution in [0, 0.1) is 24.6 Å². The van der Waals surface area contributed by atoms with E-state index in [0.29, 0.717) is 24.6 Å². The Hall–Kier alpha value is -1.87. The maximum Gasteiger partial charge on any atom is 0.123 e. The summed E-state index contributed by atoms with van der Waals surface area (Å²) in [6, 6.07) is 16.3. The molecule has 2 unspecified atom stereocenters. The van der Waals surface area contributed by atoms with Crippen molar-refractivity contribution in [2.45, 2.75) is 45.3 Å². The molecule has 2 aromatic carbocycles. The van der Waals surface area contributed by atoms with E-state index in [1.54, 1.807) is 12.1 Å². The molecule has 0 aromatic heterocycles. The number of ether oxygens (including phenoxy) is 1. The minimum atomic E-state index is -0.222. The van der Waals surface area contributed by atoms with E-state index in [0.717, 1.165) is 18.2 Å². The van der Waals surface area contributed by atoms with Crippen LogP contribution in [0.3, 0.4) is 0 Å². The molecular weight excluding hydrogens is 313 g/mol. The van der Waals surface area contributed by atoms with Gasteiger partial charge >= 0.3 is 0 Å². The molecule has 5 rings (SSSR count). The highest BCUT2D eigenvalue weighted by molar-refractivity contribution is 5.23. The van der Waals surface area contributed by atoms with Crippen molar-refractivity contribution in [2.24, 2.45) is 11.8 Å². The third-order valence-corrected chi connectivity index (χ3v) is 6.12. The number of hydrogen-bond acceptors (Lipinski definition) is 2. The molecular formula is C22H26FNO. The minimum absolute atomic E-state index is 0.222. The first-order valence-electron chi connectivity index (χ1n) is 9.30. The SMILES string of the molecule is Cc1ccc(CN2C3CC(C3)C(C)C2COc2ccc(F)cc2)cc1. The molecule has 1 aliphatic carbocycles. The van der Waals surface area contributed by atoms with E-state index in [-0.39, 0.29) is 5.82 Å². The highest BCUT2D eigenvalue weighted by atomic mass is 19.1. The van der Waals surface area contributed by atoms with Crippen molar-refractivity contribution in [3.8, 4) is 5.75 Å². The largest absolute Gasteiger partial charge is 0.492 e. The number of hydrogen-bond donors (Lipinski definition) is 0. The van der Waals surface area contributed by atoms with Crippen molar-refractivity contribution in [1.82, 2.24) is 4.90 Å². The number of benzene rings is 2. The predicted octanol–water partition coefficient (Wildman–Crippen LogP) is 4.81. The maximum absolute atomic E-state index is 13.1. The quantitative estimate of drug-likeness (QED) is 0.775. The molecule has 3 aliphatic rings. The van der Waals surface area contributed by atoms with Gasteiger partial charge in [0.05, 0.1) is 0 Å². The molecule has 132 valence electrons. The number of halogens is 1. The van der Waals surface area contributed by atoms with E-state index in [2.05, 4.69) is 43.0 Å². The monoisotopic (exact) mass is 339 g/mol. The lowest BCUT2D eigenvalue weighted by molar-refractivity contribution is -0.0923. The van der Waals surface area contributed by atoms with Crippen LogP contribution in [0.2, 0.25) is 0 Å². The van der Waals surface area contributed by atoms with E-state index >= 15 is 0 Å². The standard InChI is InChI=1S/C22H26FNO/c1-15-3-5-17(6-4-15)13-24-20-11-18(12-20)16(2)22(24)14-25-21-9-7-19(23)8-10-21/h3-10,16,18,20,22H,11-14H2,1-2H3. The summed E-state index contributed by atoms with van der Waals surface area (Å²) in [4.78, 5) is 2.64. The summed E-state index contributed by atoms with van der Waals surface area (Å²) in [5.74, 6) is 2.00. The van der Waals surface area contributed by atoms with E-state index in [1.807, 2.05) is 0 Å². The van der Waals surface area contributed by atoms with Crippen LogP contribution in [0.5, 0.6) is 5.75 Å². The van der Waals surface area contributed by atoms with Crippen molar-refractivity contribution in [3.05, 3.63) is 65.5 Å². The van der Waals surface area contributed by atoms with Gasteiger partial charge < -0.3 is 4.74 Å². The normalized spacial score (nSPS) is 28.4. The first kappa shape index (κ1) is 16.6. The van der Waals surface area contributed by atoms with E-state index in [9.17, 15) is 4.39 Å². The van der Waals surface area contributed by atoms with Crippen LogP contribution < -0.4 is 4.74 Å². The van der Waals surface area contributed by atoms with Gasteiger partial charge in [0.25, 0.3) is 0 Å². The number of piperidine rings is 2. The minimum Gasteiger partial charge on any atom is -0.492 e. The molecule has 0 spiro atoms. The Balaban J connectivity index is 1.46.